The molecule has 1 aliphatic rings. The fraction of sp³-hybridized carbons (Fsp3) is 0.312. The molecule has 2 N–H and O–H groups in total. The van der Waals surface area contributed by atoms with E-state index in [0.717, 1.165) is 27.5 Å². The van der Waals surface area contributed by atoms with E-state index in [1.54, 1.807) is 18.4 Å². The van der Waals surface area contributed by atoms with E-state index in [1.165, 1.54) is 18.4 Å². The highest BCUT2D eigenvalue weighted by Gasteiger charge is 2.29. The second-order valence-electron chi connectivity index (χ2n) is 5.41. The quantitative estimate of drug-likeness (QED) is 0.801. The number of hydrogen-bond donors (Lipinski definition) is 1. The zero-order valence-corrected chi connectivity index (χ0v) is 12.7. The maximum absolute atomic E-state index is 5.74. The Balaban J connectivity index is 1.92. The number of hydrogen-bond acceptors (Lipinski definition) is 4. The molecule has 4 nitrogen and oxygen atoms in total. The summed E-state index contributed by atoms with van der Waals surface area (Å²) in [6, 6.07) is 9.00. The van der Waals surface area contributed by atoms with Crippen molar-refractivity contribution in [3.8, 4) is 16.5 Å². The summed E-state index contributed by atoms with van der Waals surface area (Å²) in [6.07, 6.45) is 2.47. The highest BCUT2D eigenvalue weighted by atomic mass is 32.1. The summed E-state index contributed by atoms with van der Waals surface area (Å²) in [5.41, 5.74) is 9.10. The number of nitrogens with zero attached hydrogens (tertiary/aromatic N) is 2. The van der Waals surface area contributed by atoms with E-state index in [1.807, 2.05) is 5.38 Å². The lowest BCUT2D eigenvalue weighted by atomic mass is 10.2. The number of benzene rings is 1. The second kappa shape index (κ2) is 4.86. The van der Waals surface area contributed by atoms with Gasteiger partial charge in [-0.25, -0.2) is 4.98 Å². The van der Waals surface area contributed by atoms with Gasteiger partial charge in [-0.15, -0.1) is 11.3 Å². The third-order valence-electron chi connectivity index (χ3n) is 3.93. The van der Waals surface area contributed by atoms with Crippen molar-refractivity contribution in [2.24, 2.45) is 5.73 Å². The van der Waals surface area contributed by atoms with Gasteiger partial charge >= 0.3 is 0 Å². The molecule has 2 heterocycles. The van der Waals surface area contributed by atoms with Gasteiger partial charge in [0.2, 0.25) is 0 Å². The summed E-state index contributed by atoms with van der Waals surface area (Å²) in [4.78, 5) is 6.02. The molecule has 1 fully saturated rings. The van der Waals surface area contributed by atoms with Crippen LogP contribution in [-0.2, 0) is 6.54 Å². The van der Waals surface area contributed by atoms with Gasteiger partial charge in [0.1, 0.15) is 5.75 Å². The highest BCUT2D eigenvalue weighted by Crippen LogP contribution is 2.43. The fourth-order valence-corrected chi connectivity index (χ4v) is 3.53. The van der Waals surface area contributed by atoms with Crippen LogP contribution in [0.5, 0.6) is 5.75 Å². The molecule has 0 amide bonds. The predicted octanol–water partition coefficient (Wildman–Crippen LogP) is 3.57. The summed E-state index contributed by atoms with van der Waals surface area (Å²) in [5.74, 6) is 1.95. The molecule has 1 aliphatic carbocycles. The van der Waals surface area contributed by atoms with E-state index in [-0.39, 0.29) is 0 Å². The predicted molar refractivity (Wildman–Crippen MR) is 85.8 cm³/mol. The van der Waals surface area contributed by atoms with Crippen LogP contribution in [0.4, 0.5) is 0 Å². The monoisotopic (exact) mass is 299 g/mol. The molecule has 0 aliphatic heterocycles. The molecular weight excluding hydrogens is 282 g/mol. The lowest BCUT2D eigenvalue weighted by Crippen LogP contribution is -1.97. The first-order valence-corrected chi connectivity index (χ1v) is 8.02. The zero-order chi connectivity index (χ0) is 14.4. The van der Waals surface area contributed by atoms with Gasteiger partial charge in [-0.3, -0.25) is 0 Å². The minimum Gasteiger partial charge on any atom is -0.496 e. The third kappa shape index (κ3) is 2.13. The first-order chi connectivity index (χ1) is 10.3. The van der Waals surface area contributed by atoms with Gasteiger partial charge in [0.05, 0.1) is 23.0 Å². The molecule has 0 radical (unpaired) electrons. The molecule has 0 unspecified atom stereocenters. The highest BCUT2D eigenvalue weighted by molar-refractivity contribution is 7.13. The molecule has 0 spiro atoms. The minimum absolute atomic E-state index is 0.550. The summed E-state index contributed by atoms with van der Waals surface area (Å²) >= 11 is 1.68. The Morgan fingerprint density at radius 3 is 2.90 bits per heavy atom. The Labute approximate surface area is 127 Å². The van der Waals surface area contributed by atoms with Crippen LogP contribution in [0.15, 0.2) is 29.6 Å². The number of rotatable bonds is 4. The van der Waals surface area contributed by atoms with Crippen LogP contribution in [0.3, 0.4) is 0 Å². The van der Waals surface area contributed by atoms with Crippen LogP contribution >= 0.6 is 11.3 Å². The second-order valence-corrected chi connectivity index (χ2v) is 6.33. The van der Waals surface area contributed by atoms with Crippen LogP contribution < -0.4 is 10.5 Å². The molecule has 108 valence electrons. The molecule has 21 heavy (non-hydrogen) atoms. The van der Waals surface area contributed by atoms with E-state index in [9.17, 15) is 0 Å². The molecule has 5 heteroatoms. The van der Waals surface area contributed by atoms with E-state index >= 15 is 0 Å². The number of imidazole rings is 1. The fourth-order valence-electron chi connectivity index (χ4n) is 2.69. The van der Waals surface area contributed by atoms with Gasteiger partial charge < -0.3 is 15.0 Å². The van der Waals surface area contributed by atoms with Gasteiger partial charge in [-0.2, -0.15) is 0 Å². The summed E-state index contributed by atoms with van der Waals surface area (Å²) in [7, 11) is 1.70. The van der Waals surface area contributed by atoms with Gasteiger partial charge in [-0.05, 0) is 30.5 Å². The van der Waals surface area contributed by atoms with Crippen LogP contribution in [0.1, 0.15) is 24.4 Å². The van der Waals surface area contributed by atoms with E-state index < -0.39 is 0 Å². The Hall–Kier alpha value is -1.85. The largest absolute Gasteiger partial charge is 0.496 e. The average Bonchev–Trinajstić information content (AvgIpc) is 3.12. The number of thiophene rings is 1. The maximum Gasteiger partial charge on any atom is 0.151 e. The Morgan fingerprint density at radius 1 is 1.38 bits per heavy atom. The Kier molecular flexibility index (Phi) is 2.97. The molecule has 1 saturated carbocycles. The van der Waals surface area contributed by atoms with Crippen LogP contribution in [0.25, 0.3) is 21.7 Å². The van der Waals surface area contributed by atoms with Crippen LogP contribution in [-0.4, -0.2) is 16.7 Å². The van der Waals surface area contributed by atoms with Crippen molar-refractivity contribution >= 4 is 22.4 Å². The lowest BCUT2D eigenvalue weighted by Gasteiger charge is -2.06. The molecular formula is C16H17N3OS. The molecule has 0 atom stereocenters. The lowest BCUT2D eigenvalue weighted by molar-refractivity contribution is 0.417. The first kappa shape index (κ1) is 12.9. The van der Waals surface area contributed by atoms with E-state index in [4.69, 9.17) is 15.5 Å². The van der Waals surface area contributed by atoms with Crippen molar-refractivity contribution in [1.29, 1.82) is 0 Å². The number of methoxy groups -OCH3 is 1. The van der Waals surface area contributed by atoms with Crippen molar-refractivity contribution in [2.75, 3.05) is 7.11 Å². The van der Waals surface area contributed by atoms with E-state index in [2.05, 4.69) is 28.8 Å². The number of fused-ring (bicyclic) bond motifs is 1. The van der Waals surface area contributed by atoms with Crippen LogP contribution in [0.2, 0.25) is 0 Å². The van der Waals surface area contributed by atoms with Crippen molar-refractivity contribution in [1.82, 2.24) is 9.55 Å². The average molecular weight is 299 g/mol. The van der Waals surface area contributed by atoms with Crippen molar-refractivity contribution < 1.29 is 4.74 Å². The standard InChI is InChI=1S/C16H17N3OS/c1-20-12-7-15(21-9-12)16-18-13-6-10(8-17)2-5-14(13)19(16)11-3-4-11/h2,5-7,9,11H,3-4,8,17H2,1H3. The summed E-state index contributed by atoms with van der Waals surface area (Å²) in [6.45, 7) is 0.550. The molecule has 0 bridgehead atoms. The van der Waals surface area contributed by atoms with Crippen molar-refractivity contribution in [3.05, 3.63) is 35.2 Å². The van der Waals surface area contributed by atoms with Crippen LogP contribution in [0, 0.1) is 0 Å². The molecule has 3 aromatic rings. The third-order valence-corrected chi connectivity index (χ3v) is 4.84. The number of ether oxygens (including phenoxy) is 1. The van der Waals surface area contributed by atoms with Gasteiger partial charge in [0.25, 0.3) is 0 Å². The van der Waals surface area contributed by atoms with E-state index in [0.29, 0.717) is 12.6 Å². The van der Waals surface area contributed by atoms with Gasteiger partial charge in [0, 0.05) is 24.0 Å². The van der Waals surface area contributed by atoms with Gasteiger partial charge in [0.15, 0.2) is 5.82 Å². The SMILES string of the molecule is COc1csc(-c2nc3cc(CN)ccc3n2C2CC2)c1. The Bertz CT molecular complexity index is 801. The maximum atomic E-state index is 5.74. The number of aromatic nitrogens is 2. The van der Waals surface area contributed by atoms with Gasteiger partial charge in [-0.1, -0.05) is 6.07 Å². The normalized spacial score (nSPS) is 14.8. The molecule has 2 aromatic heterocycles. The smallest absolute Gasteiger partial charge is 0.151 e. The van der Waals surface area contributed by atoms with Crippen molar-refractivity contribution in [3.63, 3.8) is 0 Å². The molecule has 1 aromatic carbocycles. The Morgan fingerprint density at radius 2 is 2.24 bits per heavy atom. The summed E-state index contributed by atoms with van der Waals surface area (Å²) < 4.78 is 7.68. The first-order valence-electron chi connectivity index (χ1n) is 7.14. The summed E-state index contributed by atoms with van der Waals surface area (Å²) in [5, 5.41) is 2.03. The minimum atomic E-state index is 0.550. The molecule has 0 saturated heterocycles. The zero-order valence-electron chi connectivity index (χ0n) is 11.9. The van der Waals surface area contributed by atoms with Crippen molar-refractivity contribution in [2.45, 2.75) is 25.4 Å². The molecule has 4 rings (SSSR count). The number of nitrogens with two attached hydrogens (primary N) is 1. The topological polar surface area (TPSA) is 53.1 Å².